The van der Waals surface area contributed by atoms with Crippen LogP contribution >= 0.6 is 0 Å². The van der Waals surface area contributed by atoms with Crippen molar-refractivity contribution in [1.82, 2.24) is 20.3 Å². The lowest BCUT2D eigenvalue weighted by Gasteiger charge is -2.32. The zero-order chi connectivity index (χ0) is 18.9. The lowest BCUT2D eigenvalue weighted by molar-refractivity contribution is -0.172. The first-order valence-electron chi connectivity index (χ1n) is 8.77. The van der Waals surface area contributed by atoms with E-state index in [1.807, 2.05) is 0 Å². The third-order valence-electron chi connectivity index (χ3n) is 5.09. The fraction of sp³-hybridized carbons (Fsp3) is 0.857. The molecule has 2 bridgehead atoms. The van der Waals surface area contributed by atoms with Gasteiger partial charge < -0.3 is 10.2 Å². The molecule has 0 saturated carbocycles. The third kappa shape index (κ3) is 4.26. The van der Waals surface area contributed by atoms with Crippen LogP contribution in [0.4, 0.5) is 4.79 Å². The number of urea groups is 1. The molecule has 3 heterocycles. The van der Waals surface area contributed by atoms with Gasteiger partial charge in [-0.1, -0.05) is 12.8 Å². The molecule has 3 aliphatic heterocycles. The number of hydrogen-bond donors (Lipinski definition) is 3. The van der Waals surface area contributed by atoms with Crippen LogP contribution in [-0.4, -0.2) is 82.9 Å². The van der Waals surface area contributed by atoms with E-state index in [4.69, 9.17) is 4.55 Å². The lowest BCUT2D eigenvalue weighted by Crippen LogP contribution is -2.52. The summed E-state index contributed by atoms with van der Waals surface area (Å²) < 4.78 is 34.9. The van der Waals surface area contributed by atoms with Gasteiger partial charge in [-0.3, -0.25) is 14.6 Å². The molecule has 0 aromatic heterocycles. The minimum absolute atomic E-state index is 0.00330. The molecule has 3 amide bonds. The molecular weight excluding hydrogens is 368 g/mol. The fourth-order valence-corrected chi connectivity index (χ4v) is 4.20. The van der Waals surface area contributed by atoms with E-state index in [1.54, 1.807) is 0 Å². The number of nitrogens with zero attached hydrogens (tertiary/aromatic N) is 3. The van der Waals surface area contributed by atoms with Crippen molar-refractivity contribution in [2.24, 2.45) is 0 Å². The summed E-state index contributed by atoms with van der Waals surface area (Å²) in [5, 5.41) is 14.7. The van der Waals surface area contributed by atoms with Gasteiger partial charge in [0.05, 0.1) is 12.6 Å². The predicted octanol–water partition coefficient (Wildman–Crippen LogP) is -0.261. The molecule has 3 atom stereocenters. The molecule has 3 fully saturated rings. The standard InChI is InChI=1S/C14H24N4O7S/c19-13(17(21)8-10-4-2-1-3-7-15-10)12-6-5-11-9-16(12)14(20)18(11)25-26(22,23)24/h10-12,15,21H,1-9H2,(H,22,23,24)/t10-,11?,12?/m0/s1. The van der Waals surface area contributed by atoms with E-state index in [2.05, 4.69) is 9.60 Å². The summed E-state index contributed by atoms with van der Waals surface area (Å²) in [5.41, 5.74) is 0. The quantitative estimate of drug-likeness (QED) is 0.330. The van der Waals surface area contributed by atoms with E-state index < -0.39 is 34.4 Å². The lowest BCUT2D eigenvalue weighted by atomic mass is 10.00. The van der Waals surface area contributed by atoms with Crippen LogP contribution in [0.15, 0.2) is 0 Å². The van der Waals surface area contributed by atoms with E-state index >= 15 is 0 Å². The molecule has 11 nitrogen and oxygen atoms in total. The van der Waals surface area contributed by atoms with Gasteiger partial charge in [-0.25, -0.2) is 9.86 Å². The number of amides is 3. The molecule has 0 aromatic rings. The van der Waals surface area contributed by atoms with E-state index in [1.165, 1.54) is 4.90 Å². The Labute approximate surface area is 151 Å². The van der Waals surface area contributed by atoms with Crippen molar-refractivity contribution in [1.29, 1.82) is 0 Å². The summed E-state index contributed by atoms with van der Waals surface area (Å²) in [7, 11) is -4.83. The molecule has 148 valence electrons. The highest BCUT2D eigenvalue weighted by Crippen LogP contribution is 2.31. The second-order valence-electron chi connectivity index (χ2n) is 6.93. The Hall–Kier alpha value is -1.47. The second-order valence-corrected chi connectivity index (χ2v) is 7.94. The largest absolute Gasteiger partial charge is 0.418 e. The van der Waals surface area contributed by atoms with Gasteiger partial charge in [0.15, 0.2) is 0 Å². The normalized spacial score (nSPS) is 29.6. The Morgan fingerprint density at radius 3 is 2.77 bits per heavy atom. The molecule has 0 aromatic carbocycles. The topological polar surface area (TPSA) is 140 Å². The van der Waals surface area contributed by atoms with Crippen molar-refractivity contribution in [3.05, 3.63) is 0 Å². The zero-order valence-corrected chi connectivity index (χ0v) is 15.1. The molecule has 2 unspecified atom stereocenters. The number of carbonyl (C=O) groups excluding carboxylic acids is 2. The number of rotatable bonds is 5. The SMILES string of the molecule is O=C(C1CCC2CN1C(=O)N2OS(=O)(=O)O)N(O)C[C@@H]1CCCCCN1. The summed E-state index contributed by atoms with van der Waals surface area (Å²) in [6.07, 6.45) is 4.65. The Balaban J connectivity index is 1.62. The molecule has 3 saturated heterocycles. The number of hydroxylamine groups is 4. The molecule has 3 aliphatic rings. The van der Waals surface area contributed by atoms with E-state index in [0.29, 0.717) is 16.5 Å². The van der Waals surface area contributed by atoms with Gasteiger partial charge in [0, 0.05) is 12.6 Å². The average Bonchev–Trinajstić information content (AvgIpc) is 2.77. The van der Waals surface area contributed by atoms with Crippen molar-refractivity contribution in [2.75, 3.05) is 19.6 Å². The number of carbonyl (C=O) groups is 2. The van der Waals surface area contributed by atoms with Crippen molar-refractivity contribution in [2.45, 2.75) is 56.7 Å². The van der Waals surface area contributed by atoms with Gasteiger partial charge in [0.25, 0.3) is 5.91 Å². The molecule has 26 heavy (non-hydrogen) atoms. The smallest absolute Gasteiger partial charge is 0.312 e. The van der Waals surface area contributed by atoms with Crippen molar-refractivity contribution < 1.29 is 32.1 Å². The van der Waals surface area contributed by atoms with Crippen LogP contribution in [0.1, 0.15) is 38.5 Å². The van der Waals surface area contributed by atoms with E-state index in [-0.39, 0.29) is 25.6 Å². The van der Waals surface area contributed by atoms with Gasteiger partial charge in [-0.05, 0) is 32.2 Å². The molecule has 0 aliphatic carbocycles. The maximum atomic E-state index is 12.6. The molecule has 12 heteroatoms. The maximum absolute atomic E-state index is 12.6. The minimum Gasteiger partial charge on any atom is -0.312 e. The summed E-state index contributed by atoms with van der Waals surface area (Å²) >= 11 is 0. The zero-order valence-electron chi connectivity index (χ0n) is 14.3. The molecule has 3 N–H and O–H groups in total. The highest BCUT2D eigenvalue weighted by molar-refractivity contribution is 7.80. The van der Waals surface area contributed by atoms with E-state index in [0.717, 1.165) is 32.2 Å². The first-order chi connectivity index (χ1) is 12.3. The number of fused-ring (bicyclic) bond motifs is 2. The fourth-order valence-electron chi connectivity index (χ4n) is 3.82. The second kappa shape index (κ2) is 7.64. The van der Waals surface area contributed by atoms with Crippen LogP contribution in [0.3, 0.4) is 0 Å². The predicted molar refractivity (Wildman–Crippen MR) is 87.1 cm³/mol. The van der Waals surface area contributed by atoms with Gasteiger partial charge in [-0.2, -0.15) is 13.5 Å². The van der Waals surface area contributed by atoms with Crippen molar-refractivity contribution in [3.8, 4) is 0 Å². The summed E-state index contributed by atoms with van der Waals surface area (Å²) in [4.78, 5) is 26.1. The van der Waals surface area contributed by atoms with E-state index in [9.17, 15) is 23.2 Å². The molecule has 3 rings (SSSR count). The van der Waals surface area contributed by atoms with Crippen LogP contribution in [0.5, 0.6) is 0 Å². The highest BCUT2D eigenvalue weighted by atomic mass is 32.3. The molecule has 0 spiro atoms. The summed E-state index contributed by atoms with van der Waals surface area (Å²) in [5.74, 6) is -0.600. The summed E-state index contributed by atoms with van der Waals surface area (Å²) in [6.45, 7) is 1.07. The van der Waals surface area contributed by atoms with Crippen molar-refractivity contribution in [3.63, 3.8) is 0 Å². The average molecular weight is 392 g/mol. The Bertz CT molecular complexity index is 650. The van der Waals surface area contributed by atoms with Gasteiger partial charge in [-0.15, -0.1) is 4.28 Å². The van der Waals surface area contributed by atoms with Crippen LogP contribution in [0, 0.1) is 0 Å². The first kappa shape index (κ1) is 19.3. The summed E-state index contributed by atoms with van der Waals surface area (Å²) in [6, 6.07) is -2.27. The number of piperidine rings is 1. The van der Waals surface area contributed by atoms with Gasteiger partial charge in [0.2, 0.25) is 0 Å². The first-order valence-corrected chi connectivity index (χ1v) is 10.1. The van der Waals surface area contributed by atoms with Crippen LogP contribution in [0.2, 0.25) is 0 Å². The Morgan fingerprint density at radius 1 is 1.27 bits per heavy atom. The van der Waals surface area contributed by atoms with Crippen LogP contribution in [0.25, 0.3) is 0 Å². The van der Waals surface area contributed by atoms with Gasteiger partial charge in [0.1, 0.15) is 6.04 Å². The Kier molecular flexibility index (Phi) is 5.67. The molecular formula is C14H24N4O7S. The van der Waals surface area contributed by atoms with Crippen molar-refractivity contribution >= 4 is 22.3 Å². The van der Waals surface area contributed by atoms with Gasteiger partial charge >= 0.3 is 16.4 Å². The highest BCUT2D eigenvalue weighted by Gasteiger charge is 2.50. The number of hydrogen-bond acceptors (Lipinski definition) is 7. The number of nitrogens with one attached hydrogen (secondary N) is 1. The van der Waals surface area contributed by atoms with Crippen LogP contribution < -0.4 is 5.32 Å². The minimum atomic E-state index is -4.83. The monoisotopic (exact) mass is 392 g/mol. The van der Waals surface area contributed by atoms with Crippen LogP contribution in [-0.2, 0) is 19.5 Å². The third-order valence-corrected chi connectivity index (χ3v) is 5.44. The Morgan fingerprint density at radius 2 is 2.04 bits per heavy atom. The molecule has 0 radical (unpaired) electrons. The maximum Gasteiger partial charge on any atom is 0.418 e.